The van der Waals surface area contributed by atoms with E-state index in [2.05, 4.69) is 36.8 Å². The topological polar surface area (TPSA) is 76.3 Å². The van der Waals surface area contributed by atoms with E-state index in [9.17, 15) is 8.42 Å². The van der Waals surface area contributed by atoms with Gasteiger partial charge in [0.25, 0.3) is 10.0 Å². The van der Waals surface area contributed by atoms with Crippen LogP contribution >= 0.6 is 31.9 Å². The molecule has 0 bridgehead atoms. The van der Waals surface area contributed by atoms with Gasteiger partial charge in [-0.3, -0.25) is 9.29 Å². The van der Waals surface area contributed by atoms with Crippen LogP contribution < -0.4 is 10.0 Å². The van der Waals surface area contributed by atoms with E-state index in [-0.39, 0.29) is 4.90 Å². The van der Waals surface area contributed by atoms with Crippen molar-refractivity contribution in [1.82, 2.24) is 4.98 Å². The summed E-state index contributed by atoms with van der Waals surface area (Å²) in [5.41, 5.74) is 6.45. The number of hydrogen-bond acceptors (Lipinski definition) is 4. The minimum Gasteiger partial charge on any atom is -0.396 e. The van der Waals surface area contributed by atoms with Crippen LogP contribution in [-0.2, 0) is 10.0 Å². The van der Waals surface area contributed by atoms with E-state index in [1.165, 1.54) is 25.5 Å². The summed E-state index contributed by atoms with van der Waals surface area (Å²) >= 11 is 6.53. The van der Waals surface area contributed by atoms with Crippen LogP contribution in [0.4, 0.5) is 11.4 Å². The van der Waals surface area contributed by atoms with Crippen molar-refractivity contribution < 1.29 is 8.42 Å². The lowest BCUT2D eigenvalue weighted by Crippen LogP contribution is -2.27. The smallest absolute Gasteiger partial charge is 0.265 e. The molecule has 0 atom stereocenters. The molecule has 0 saturated carbocycles. The van der Waals surface area contributed by atoms with Crippen molar-refractivity contribution in [2.45, 2.75) is 4.90 Å². The SMILES string of the molecule is CN(c1ccncc1N)S(=O)(=O)c1cc(Br)ccc1Br. The fourth-order valence-corrected chi connectivity index (χ4v) is 4.32. The Morgan fingerprint density at radius 3 is 2.60 bits per heavy atom. The highest BCUT2D eigenvalue weighted by molar-refractivity contribution is 9.11. The van der Waals surface area contributed by atoms with Gasteiger partial charge in [-0.2, -0.15) is 0 Å². The zero-order chi connectivity index (χ0) is 14.9. The summed E-state index contributed by atoms with van der Waals surface area (Å²) in [6, 6.07) is 6.51. The van der Waals surface area contributed by atoms with Crippen LogP contribution in [0.1, 0.15) is 0 Å². The predicted molar refractivity (Wildman–Crippen MR) is 86.1 cm³/mol. The summed E-state index contributed by atoms with van der Waals surface area (Å²) in [4.78, 5) is 4.01. The maximum absolute atomic E-state index is 12.7. The lowest BCUT2D eigenvalue weighted by atomic mass is 10.3. The van der Waals surface area contributed by atoms with Gasteiger partial charge in [-0.1, -0.05) is 15.9 Å². The predicted octanol–water partition coefficient (Wildman–Crippen LogP) is 3.01. The van der Waals surface area contributed by atoms with E-state index in [0.717, 1.165) is 4.31 Å². The average Bonchev–Trinajstić information content (AvgIpc) is 2.41. The van der Waals surface area contributed by atoms with Gasteiger partial charge in [0.2, 0.25) is 0 Å². The molecule has 0 radical (unpaired) electrons. The first kappa shape index (κ1) is 15.3. The Hall–Kier alpha value is -1.12. The third kappa shape index (κ3) is 2.82. The van der Waals surface area contributed by atoms with Crippen molar-refractivity contribution in [1.29, 1.82) is 0 Å². The van der Waals surface area contributed by atoms with Crippen LogP contribution in [0, 0.1) is 0 Å². The molecule has 0 fully saturated rings. The summed E-state index contributed by atoms with van der Waals surface area (Å²) in [6.45, 7) is 0. The largest absolute Gasteiger partial charge is 0.396 e. The minimum atomic E-state index is -3.72. The zero-order valence-electron chi connectivity index (χ0n) is 10.4. The average molecular weight is 421 g/mol. The number of pyridine rings is 1. The Morgan fingerprint density at radius 1 is 1.25 bits per heavy atom. The van der Waals surface area contributed by atoms with Crippen LogP contribution in [-0.4, -0.2) is 20.4 Å². The second-order valence-corrected chi connectivity index (χ2v) is 7.69. The summed E-state index contributed by atoms with van der Waals surface area (Å²) in [6.07, 6.45) is 2.91. The molecule has 5 nitrogen and oxygen atoms in total. The Bertz CT molecular complexity index is 750. The quantitative estimate of drug-likeness (QED) is 0.827. The second kappa shape index (κ2) is 5.71. The summed E-state index contributed by atoms with van der Waals surface area (Å²) in [5, 5.41) is 0. The fourth-order valence-electron chi connectivity index (χ4n) is 1.64. The van der Waals surface area contributed by atoms with Crippen LogP contribution in [0.2, 0.25) is 0 Å². The number of hydrogen-bond donors (Lipinski definition) is 1. The van der Waals surface area contributed by atoms with Gasteiger partial charge >= 0.3 is 0 Å². The van der Waals surface area contributed by atoms with E-state index in [0.29, 0.717) is 20.3 Å². The van der Waals surface area contributed by atoms with Crippen molar-refractivity contribution in [2.75, 3.05) is 17.1 Å². The molecule has 106 valence electrons. The van der Waals surface area contributed by atoms with Gasteiger partial charge in [-0.25, -0.2) is 8.42 Å². The Kier molecular flexibility index (Phi) is 4.36. The van der Waals surface area contributed by atoms with Crippen molar-refractivity contribution in [3.63, 3.8) is 0 Å². The van der Waals surface area contributed by atoms with E-state index < -0.39 is 10.0 Å². The standard InChI is InChI=1S/C12H11Br2N3O2S/c1-17(11-4-5-16-7-10(11)15)20(18,19)12-6-8(13)2-3-9(12)14/h2-7H,15H2,1H3. The van der Waals surface area contributed by atoms with Crippen molar-refractivity contribution in [3.05, 3.63) is 45.6 Å². The van der Waals surface area contributed by atoms with E-state index in [1.54, 1.807) is 18.2 Å². The second-order valence-electron chi connectivity index (χ2n) is 3.98. The number of nitrogens with two attached hydrogens (primary N) is 1. The van der Waals surface area contributed by atoms with Crippen LogP contribution in [0.15, 0.2) is 50.5 Å². The van der Waals surface area contributed by atoms with E-state index in [4.69, 9.17) is 5.73 Å². The highest BCUT2D eigenvalue weighted by Crippen LogP contribution is 2.31. The summed E-state index contributed by atoms with van der Waals surface area (Å²) < 4.78 is 27.6. The highest BCUT2D eigenvalue weighted by atomic mass is 79.9. The molecule has 2 N–H and O–H groups in total. The molecule has 0 amide bonds. The van der Waals surface area contributed by atoms with Gasteiger partial charge in [0.1, 0.15) is 4.90 Å². The Labute approximate surface area is 134 Å². The molecule has 0 aliphatic rings. The molecular formula is C12H11Br2N3O2S. The van der Waals surface area contributed by atoms with Crippen molar-refractivity contribution in [2.24, 2.45) is 0 Å². The number of rotatable bonds is 3. The molecule has 0 spiro atoms. The molecule has 1 aromatic carbocycles. The zero-order valence-corrected chi connectivity index (χ0v) is 14.4. The van der Waals surface area contributed by atoms with Gasteiger partial charge in [-0.15, -0.1) is 0 Å². The normalized spacial score (nSPS) is 11.3. The summed E-state index contributed by atoms with van der Waals surface area (Å²) in [5.74, 6) is 0. The molecule has 2 rings (SSSR count). The lowest BCUT2D eigenvalue weighted by Gasteiger charge is -2.21. The molecule has 0 aliphatic heterocycles. The Morgan fingerprint density at radius 2 is 1.95 bits per heavy atom. The van der Waals surface area contributed by atoms with Gasteiger partial charge in [0, 0.05) is 22.2 Å². The molecule has 0 saturated heterocycles. The molecular weight excluding hydrogens is 410 g/mol. The minimum absolute atomic E-state index is 0.158. The first-order valence-electron chi connectivity index (χ1n) is 5.47. The van der Waals surface area contributed by atoms with Gasteiger partial charge < -0.3 is 5.73 Å². The molecule has 8 heteroatoms. The van der Waals surface area contributed by atoms with E-state index >= 15 is 0 Å². The number of aromatic nitrogens is 1. The maximum Gasteiger partial charge on any atom is 0.265 e. The van der Waals surface area contributed by atoms with Gasteiger partial charge in [0.15, 0.2) is 0 Å². The molecule has 1 aromatic heterocycles. The third-order valence-corrected chi connectivity index (χ3v) is 5.96. The molecule has 20 heavy (non-hydrogen) atoms. The number of nitrogens with zero attached hydrogens (tertiary/aromatic N) is 2. The van der Waals surface area contributed by atoms with Gasteiger partial charge in [-0.05, 0) is 40.2 Å². The van der Waals surface area contributed by atoms with Crippen LogP contribution in [0.3, 0.4) is 0 Å². The van der Waals surface area contributed by atoms with Gasteiger partial charge in [0.05, 0.1) is 17.6 Å². The first-order valence-corrected chi connectivity index (χ1v) is 8.50. The highest BCUT2D eigenvalue weighted by Gasteiger charge is 2.25. The molecule has 1 heterocycles. The third-order valence-electron chi connectivity index (χ3n) is 2.70. The molecule has 2 aromatic rings. The monoisotopic (exact) mass is 419 g/mol. The molecule has 0 unspecified atom stereocenters. The summed E-state index contributed by atoms with van der Waals surface area (Å²) in [7, 11) is -2.27. The lowest BCUT2D eigenvalue weighted by molar-refractivity contribution is 0.594. The van der Waals surface area contributed by atoms with Crippen molar-refractivity contribution >= 4 is 53.3 Å². The number of benzene rings is 1. The maximum atomic E-state index is 12.7. The molecule has 0 aliphatic carbocycles. The van der Waals surface area contributed by atoms with Crippen LogP contribution in [0.5, 0.6) is 0 Å². The van der Waals surface area contributed by atoms with Crippen molar-refractivity contribution in [3.8, 4) is 0 Å². The number of sulfonamides is 1. The first-order chi connectivity index (χ1) is 9.34. The van der Waals surface area contributed by atoms with Crippen LogP contribution in [0.25, 0.3) is 0 Å². The van der Waals surface area contributed by atoms with E-state index in [1.807, 2.05) is 0 Å². The fraction of sp³-hybridized carbons (Fsp3) is 0.0833. The Balaban J connectivity index is 2.56. The number of nitrogen functional groups attached to an aromatic ring is 1. The number of anilines is 2. The number of halogens is 2.